The third-order valence-electron chi connectivity index (χ3n) is 2.90. The Balaban J connectivity index is 2.11. The first kappa shape index (κ1) is 9.31. The number of anilines is 2. The van der Waals surface area contributed by atoms with Crippen LogP contribution in [-0.4, -0.2) is 11.0 Å². The lowest BCUT2D eigenvalue weighted by atomic mass is 10.2. The summed E-state index contributed by atoms with van der Waals surface area (Å²) in [5, 5.41) is 3.38. The molecule has 76 valence electrons. The number of hydrogen-bond acceptors (Lipinski definition) is 3. The summed E-state index contributed by atoms with van der Waals surface area (Å²) >= 11 is 0. The van der Waals surface area contributed by atoms with Gasteiger partial charge in [-0.2, -0.15) is 0 Å². The second-order valence-corrected chi connectivity index (χ2v) is 4.16. The number of nitrogen functional groups attached to an aromatic ring is 1. The van der Waals surface area contributed by atoms with Crippen LogP contribution in [0.3, 0.4) is 0 Å². The predicted molar refractivity (Wildman–Crippen MR) is 59.2 cm³/mol. The van der Waals surface area contributed by atoms with E-state index in [-0.39, 0.29) is 0 Å². The number of nitrogens with one attached hydrogen (secondary N) is 1. The first-order chi connectivity index (χ1) is 6.68. The minimum Gasteiger partial charge on any atom is -0.396 e. The first-order valence-electron chi connectivity index (χ1n) is 5.16. The highest BCUT2D eigenvalue weighted by molar-refractivity contribution is 5.65. The number of nitrogens with zero attached hydrogens (tertiary/aromatic N) is 1. The fourth-order valence-electron chi connectivity index (χ4n) is 1.61. The molecular formula is C11H17N3. The Bertz CT molecular complexity index is 331. The van der Waals surface area contributed by atoms with Crippen molar-refractivity contribution in [3.05, 3.63) is 17.8 Å². The third kappa shape index (κ3) is 1.81. The Morgan fingerprint density at radius 2 is 2.29 bits per heavy atom. The van der Waals surface area contributed by atoms with Crippen molar-refractivity contribution in [2.75, 3.05) is 11.1 Å². The van der Waals surface area contributed by atoms with Gasteiger partial charge in [-0.1, -0.05) is 0 Å². The molecule has 1 saturated carbocycles. The van der Waals surface area contributed by atoms with Gasteiger partial charge in [0.2, 0.25) is 0 Å². The van der Waals surface area contributed by atoms with E-state index >= 15 is 0 Å². The Kier molecular flexibility index (Phi) is 2.32. The third-order valence-corrected chi connectivity index (χ3v) is 2.90. The Morgan fingerprint density at radius 3 is 2.93 bits per heavy atom. The van der Waals surface area contributed by atoms with Gasteiger partial charge >= 0.3 is 0 Å². The molecule has 0 radical (unpaired) electrons. The molecule has 1 fully saturated rings. The van der Waals surface area contributed by atoms with E-state index in [9.17, 15) is 0 Å². The van der Waals surface area contributed by atoms with Crippen molar-refractivity contribution in [2.45, 2.75) is 32.7 Å². The van der Waals surface area contributed by atoms with Crippen LogP contribution in [-0.2, 0) is 0 Å². The quantitative estimate of drug-likeness (QED) is 0.770. The van der Waals surface area contributed by atoms with Crippen LogP contribution in [0.25, 0.3) is 0 Å². The maximum atomic E-state index is 5.93. The van der Waals surface area contributed by atoms with Gasteiger partial charge in [-0.25, -0.2) is 4.98 Å². The maximum Gasteiger partial charge on any atom is 0.149 e. The number of rotatable bonds is 3. The number of aromatic nitrogens is 1. The van der Waals surface area contributed by atoms with E-state index in [4.69, 9.17) is 5.73 Å². The first-order valence-corrected chi connectivity index (χ1v) is 5.16. The van der Waals surface area contributed by atoms with Gasteiger partial charge in [0.25, 0.3) is 0 Å². The number of pyridine rings is 1. The molecule has 0 saturated heterocycles. The Hall–Kier alpha value is -1.25. The highest BCUT2D eigenvalue weighted by atomic mass is 15.0. The van der Waals surface area contributed by atoms with Gasteiger partial charge < -0.3 is 11.1 Å². The van der Waals surface area contributed by atoms with E-state index in [0.29, 0.717) is 6.04 Å². The summed E-state index contributed by atoms with van der Waals surface area (Å²) in [7, 11) is 0. The van der Waals surface area contributed by atoms with Crippen molar-refractivity contribution in [3.63, 3.8) is 0 Å². The summed E-state index contributed by atoms with van der Waals surface area (Å²) < 4.78 is 0. The molecule has 1 heterocycles. The summed E-state index contributed by atoms with van der Waals surface area (Å²) in [4.78, 5) is 4.25. The largest absolute Gasteiger partial charge is 0.396 e. The molecule has 3 N–H and O–H groups in total. The van der Waals surface area contributed by atoms with E-state index in [1.807, 2.05) is 13.0 Å². The van der Waals surface area contributed by atoms with Gasteiger partial charge in [0.05, 0.1) is 5.69 Å². The highest BCUT2D eigenvalue weighted by Crippen LogP contribution is 2.34. The van der Waals surface area contributed by atoms with Gasteiger partial charge in [0, 0.05) is 12.2 Å². The highest BCUT2D eigenvalue weighted by Gasteiger charge is 2.28. The van der Waals surface area contributed by atoms with Crippen LogP contribution in [0, 0.1) is 12.8 Å². The molecule has 1 unspecified atom stereocenters. The SMILES string of the molecule is Cc1ccnc(NC(C)C2CC2)c1N. The van der Waals surface area contributed by atoms with E-state index < -0.39 is 0 Å². The monoisotopic (exact) mass is 191 g/mol. The summed E-state index contributed by atoms with van der Waals surface area (Å²) in [5.41, 5.74) is 7.79. The average molecular weight is 191 g/mol. The maximum absolute atomic E-state index is 5.93. The molecule has 2 rings (SSSR count). The molecule has 3 heteroatoms. The topological polar surface area (TPSA) is 50.9 Å². The number of hydrogen-bond donors (Lipinski definition) is 2. The smallest absolute Gasteiger partial charge is 0.149 e. The zero-order chi connectivity index (χ0) is 10.1. The molecule has 0 aliphatic heterocycles. The van der Waals surface area contributed by atoms with Crippen molar-refractivity contribution < 1.29 is 0 Å². The summed E-state index contributed by atoms with van der Waals surface area (Å²) in [6.45, 7) is 4.20. The van der Waals surface area contributed by atoms with E-state index in [1.54, 1.807) is 6.20 Å². The Labute approximate surface area is 84.7 Å². The number of nitrogens with two attached hydrogens (primary N) is 1. The zero-order valence-electron chi connectivity index (χ0n) is 8.75. The molecule has 1 aromatic heterocycles. The molecule has 0 spiro atoms. The molecule has 1 aliphatic carbocycles. The van der Waals surface area contributed by atoms with Crippen LogP contribution in [0.2, 0.25) is 0 Å². The van der Waals surface area contributed by atoms with Gasteiger partial charge in [-0.3, -0.25) is 0 Å². The molecule has 14 heavy (non-hydrogen) atoms. The van der Waals surface area contributed by atoms with E-state index in [0.717, 1.165) is 23.0 Å². The van der Waals surface area contributed by atoms with Crippen LogP contribution in [0.15, 0.2) is 12.3 Å². The summed E-state index contributed by atoms with van der Waals surface area (Å²) in [6, 6.07) is 2.43. The summed E-state index contributed by atoms with van der Waals surface area (Å²) in [5.74, 6) is 1.65. The molecule has 0 bridgehead atoms. The second-order valence-electron chi connectivity index (χ2n) is 4.16. The van der Waals surface area contributed by atoms with Gasteiger partial charge in [-0.05, 0) is 44.2 Å². The molecule has 3 nitrogen and oxygen atoms in total. The molecule has 1 atom stereocenters. The normalized spacial score (nSPS) is 17.9. The molecule has 0 amide bonds. The lowest BCUT2D eigenvalue weighted by Gasteiger charge is -2.15. The predicted octanol–water partition coefficient (Wildman–Crippen LogP) is 2.18. The van der Waals surface area contributed by atoms with Crippen molar-refractivity contribution >= 4 is 11.5 Å². The molecule has 0 aromatic carbocycles. The molecular weight excluding hydrogens is 174 g/mol. The Morgan fingerprint density at radius 1 is 1.57 bits per heavy atom. The van der Waals surface area contributed by atoms with Gasteiger partial charge in [-0.15, -0.1) is 0 Å². The fraction of sp³-hybridized carbons (Fsp3) is 0.545. The average Bonchev–Trinajstić information content (AvgIpc) is 2.95. The van der Waals surface area contributed by atoms with Crippen molar-refractivity contribution in [1.29, 1.82) is 0 Å². The van der Waals surface area contributed by atoms with Crippen molar-refractivity contribution in [3.8, 4) is 0 Å². The lowest BCUT2D eigenvalue weighted by Crippen LogP contribution is -2.19. The van der Waals surface area contributed by atoms with Gasteiger partial charge in [0.1, 0.15) is 5.82 Å². The van der Waals surface area contributed by atoms with Crippen LogP contribution in [0.4, 0.5) is 11.5 Å². The standard InChI is InChI=1S/C11H17N3/c1-7-5-6-13-11(10(7)12)14-8(2)9-3-4-9/h5-6,8-9H,3-4,12H2,1-2H3,(H,13,14). The van der Waals surface area contributed by atoms with Crippen LogP contribution in [0.1, 0.15) is 25.3 Å². The van der Waals surface area contributed by atoms with Crippen LogP contribution >= 0.6 is 0 Å². The summed E-state index contributed by atoms with van der Waals surface area (Å²) in [6.07, 6.45) is 4.47. The van der Waals surface area contributed by atoms with Crippen LogP contribution < -0.4 is 11.1 Å². The second kappa shape index (κ2) is 3.48. The molecule has 1 aliphatic rings. The minimum atomic E-state index is 0.492. The van der Waals surface area contributed by atoms with E-state index in [1.165, 1.54) is 12.8 Å². The van der Waals surface area contributed by atoms with Crippen LogP contribution in [0.5, 0.6) is 0 Å². The van der Waals surface area contributed by atoms with E-state index in [2.05, 4.69) is 17.2 Å². The van der Waals surface area contributed by atoms with Gasteiger partial charge in [0.15, 0.2) is 0 Å². The fourth-order valence-corrected chi connectivity index (χ4v) is 1.61. The number of aryl methyl sites for hydroxylation is 1. The zero-order valence-corrected chi connectivity index (χ0v) is 8.75. The lowest BCUT2D eigenvalue weighted by molar-refractivity contribution is 0.691. The minimum absolute atomic E-state index is 0.492. The van der Waals surface area contributed by atoms with Crippen molar-refractivity contribution in [2.24, 2.45) is 5.92 Å². The van der Waals surface area contributed by atoms with Crippen molar-refractivity contribution in [1.82, 2.24) is 4.98 Å². The molecule has 1 aromatic rings.